The van der Waals surface area contributed by atoms with E-state index in [4.69, 9.17) is 16.3 Å². The minimum absolute atomic E-state index is 0.147. The Morgan fingerprint density at radius 1 is 1.36 bits per heavy atom. The third-order valence-corrected chi connectivity index (χ3v) is 3.93. The number of aromatic nitrogens is 1. The van der Waals surface area contributed by atoms with Crippen LogP contribution in [0.2, 0.25) is 5.15 Å². The van der Waals surface area contributed by atoms with Crippen LogP contribution in [0.15, 0.2) is 12.3 Å². The van der Waals surface area contributed by atoms with Crippen molar-refractivity contribution in [2.75, 3.05) is 5.32 Å². The van der Waals surface area contributed by atoms with Gasteiger partial charge in [0.2, 0.25) is 0 Å². The van der Waals surface area contributed by atoms with Crippen molar-refractivity contribution in [2.24, 2.45) is 0 Å². The highest BCUT2D eigenvalue weighted by Gasteiger charge is 2.27. The summed E-state index contributed by atoms with van der Waals surface area (Å²) in [6, 6.07) is 2.46. The standard InChI is InChI=1S/C16H24ClN3O2/c1-10-7-13(9-18-14(10)17)19-11-5-6-12(8-11)20-15(21)22-16(2,3)4/h7,9,11-12,19H,5-6,8H2,1-4H3,(H,20,21). The summed E-state index contributed by atoms with van der Waals surface area (Å²) in [5.41, 5.74) is 1.45. The number of alkyl carbamates (subject to hydrolysis) is 1. The molecule has 0 aromatic carbocycles. The number of aryl methyl sites for hydroxylation is 1. The van der Waals surface area contributed by atoms with Crippen LogP contribution in [0.5, 0.6) is 0 Å². The fourth-order valence-corrected chi connectivity index (χ4v) is 2.69. The van der Waals surface area contributed by atoms with Gasteiger partial charge in [-0.25, -0.2) is 9.78 Å². The molecular formula is C16H24ClN3O2. The molecule has 0 radical (unpaired) electrons. The van der Waals surface area contributed by atoms with Crippen LogP contribution in [0, 0.1) is 6.92 Å². The molecule has 1 fully saturated rings. The van der Waals surface area contributed by atoms with Gasteiger partial charge in [-0.3, -0.25) is 0 Å². The molecule has 1 aliphatic rings. The van der Waals surface area contributed by atoms with Crippen molar-refractivity contribution < 1.29 is 9.53 Å². The van der Waals surface area contributed by atoms with E-state index in [1.54, 1.807) is 6.20 Å². The van der Waals surface area contributed by atoms with Crippen LogP contribution in [0.4, 0.5) is 10.5 Å². The van der Waals surface area contributed by atoms with Crippen LogP contribution in [-0.4, -0.2) is 28.8 Å². The highest BCUT2D eigenvalue weighted by atomic mass is 35.5. The van der Waals surface area contributed by atoms with Crippen molar-refractivity contribution in [1.29, 1.82) is 0 Å². The van der Waals surface area contributed by atoms with Gasteiger partial charge in [-0.05, 0) is 58.6 Å². The van der Waals surface area contributed by atoms with Gasteiger partial charge in [-0.2, -0.15) is 0 Å². The summed E-state index contributed by atoms with van der Waals surface area (Å²) in [6.07, 6.45) is 4.21. The molecule has 1 heterocycles. The van der Waals surface area contributed by atoms with E-state index in [-0.39, 0.29) is 12.1 Å². The third kappa shape index (κ3) is 5.05. The van der Waals surface area contributed by atoms with Crippen molar-refractivity contribution in [1.82, 2.24) is 10.3 Å². The Bertz CT molecular complexity index is 543. The molecule has 5 nitrogen and oxygen atoms in total. The Morgan fingerprint density at radius 2 is 2.05 bits per heavy atom. The number of carbonyl (C=O) groups is 1. The van der Waals surface area contributed by atoms with Crippen LogP contribution in [0.25, 0.3) is 0 Å². The lowest BCUT2D eigenvalue weighted by Gasteiger charge is -2.22. The number of anilines is 1. The first kappa shape index (κ1) is 16.9. The molecular weight excluding hydrogens is 302 g/mol. The number of rotatable bonds is 3. The molecule has 0 saturated heterocycles. The Balaban J connectivity index is 1.82. The van der Waals surface area contributed by atoms with E-state index in [1.165, 1.54) is 0 Å². The van der Waals surface area contributed by atoms with E-state index in [0.717, 1.165) is 30.5 Å². The molecule has 1 aliphatic carbocycles. The van der Waals surface area contributed by atoms with Gasteiger partial charge < -0.3 is 15.4 Å². The van der Waals surface area contributed by atoms with E-state index in [2.05, 4.69) is 15.6 Å². The summed E-state index contributed by atoms with van der Waals surface area (Å²) in [5, 5.41) is 6.91. The molecule has 1 aromatic rings. The lowest BCUT2D eigenvalue weighted by Crippen LogP contribution is -2.38. The molecule has 1 amide bonds. The average molecular weight is 326 g/mol. The van der Waals surface area contributed by atoms with Gasteiger partial charge in [-0.15, -0.1) is 0 Å². The number of amides is 1. The largest absolute Gasteiger partial charge is 0.444 e. The number of carbonyl (C=O) groups excluding carboxylic acids is 1. The van der Waals surface area contributed by atoms with Crippen LogP contribution in [0.1, 0.15) is 45.6 Å². The second-order valence-corrected chi connectivity index (χ2v) is 7.19. The van der Waals surface area contributed by atoms with Gasteiger partial charge in [0.25, 0.3) is 0 Å². The second-order valence-electron chi connectivity index (χ2n) is 6.83. The molecule has 22 heavy (non-hydrogen) atoms. The van der Waals surface area contributed by atoms with E-state index >= 15 is 0 Å². The fourth-order valence-electron chi connectivity index (χ4n) is 2.59. The Kier molecular flexibility index (Phi) is 5.16. The zero-order chi connectivity index (χ0) is 16.3. The molecule has 2 N–H and O–H groups in total. The topological polar surface area (TPSA) is 63.2 Å². The van der Waals surface area contributed by atoms with Crippen molar-refractivity contribution in [2.45, 2.75) is 64.6 Å². The summed E-state index contributed by atoms with van der Waals surface area (Å²) in [6.45, 7) is 7.52. The molecule has 0 aliphatic heterocycles. The number of halogens is 1. The average Bonchev–Trinajstić information content (AvgIpc) is 2.78. The Hall–Kier alpha value is -1.49. The Labute approximate surface area is 136 Å². The molecule has 6 heteroatoms. The Morgan fingerprint density at radius 3 is 2.68 bits per heavy atom. The van der Waals surface area contributed by atoms with Gasteiger partial charge in [0, 0.05) is 12.1 Å². The first-order valence-electron chi connectivity index (χ1n) is 7.61. The number of hydrogen-bond donors (Lipinski definition) is 2. The summed E-state index contributed by atoms with van der Waals surface area (Å²) < 4.78 is 5.29. The summed E-state index contributed by atoms with van der Waals surface area (Å²) in [5.74, 6) is 0. The normalized spacial score (nSPS) is 21.5. The van der Waals surface area contributed by atoms with Crippen molar-refractivity contribution in [3.8, 4) is 0 Å². The summed E-state index contributed by atoms with van der Waals surface area (Å²) in [4.78, 5) is 15.9. The quantitative estimate of drug-likeness (QED) is 0.827. The minimum Gasteiger partial charge on any atom is -0.444 e. The monoisotopic (exact) mass is 325 g/mol. The summed E-state index contributed by atoms with van der Waals surface area (Å²) in [7, 11) is 0. The zero-order valence-corrected chi connectivity index (χ0v) is 14.3. The predicted octanol–water partition coefficient (Wildman–Crippen LogP) is 3.90. The zero-order valence-electron chi connectivity index (χ0n) is 13.6. The third-order valence-electron chi connectivity index (χ3n) is 3.54. The molecule has 2 unspecified atom stereocenters. The van der Waals surface area contributed by atoms with Crippen molar-refractivity contribution in [3.63, 3.8) is 0 Å². The number of nitrogens with zero attached hydrogens (tertiary/aromatic N) is 1. The number of hydrogen-bond acceptors (Lipinski definition) is 4. The van der Waals surface area contributed by atoms with Gasteiger partial charge >= 0.3 is 6.09 Å². The molecule has 0 bridgehead atoms. The van der Waals surface area contributed by atoms with E-state index in [9.17, 15) is 4.79 Å². The molecule has 1 saturated carbocycles. The van der Waals surface area contributed by atoms with Crippen molar-refractivity contribution >= 4 is 23.4 Å². The molecule has 2 atom stereocenters. The van der Waals surface area contributed by atoms with Gasteiger partial charge in [0.05, 0.1) is 11.9 Å². The molecule has 0 spiro atoms. The SMILES string of the molecule is Cc1cc(NC2CCC(NC(=O)OC(C)(C)C)C2)cnc1Cl. The highest BCUT2D eigenvalue weighted by Crippen LogP contribution is 2.24. The first-order chi connectivity index (χ1) is 10.2. The number of ether oxygens (including phenoxy) is 1. The predicted molar refractivity (Wildman–Crippen MR) is 88.4 cm³/mol. The number of pyridine rings is 1. The van der Waals surface area contributed by atoms with Crippen molar-refractivity contribution in [3.05, 3.63) is 23.0 Å². The number of nitrogens with one attached hydrogen (secondary N) is 2. The maximum atomic E-state index is 11.8. The maximum absolute atomic E-state index is 11.8. The fraction of sp³-hybridized carbons (Fsp3) is 0.625. The van der Waals surface area contributed by atoms with Gasteiger partial charge in [0.15, 0.2) is 0 Å². The van der Waals surface area contributed by atoms with Gasteiger partial charge in [0.1, 0.15) is 10.8 Å². The van der Waals surface area contributed by atoms with Gasteiger partial charge in [-0.1, -0.05) is 11.6 Å². The lowest BCUT2D eigenvalue weighted by molar-refractivity contribution is 0.0505. The van der Waals surface area contributed by atoms with E-state index in [0.29, 0.717) is 11.2 Å². The highest BCUT2D eigenvalue weighted by molar-refractivity contribution is 6.30. The molecule has 1 aromatic heterocycles. The first-order valence-corrected chi connectivity index (χ1v) is 7.99. The minimum atomic E-state index is -0.465. The molecule has 2 rings (SSSR count). The van der Waals surface area contributed by atoms with Crippen LogP contribution in [0.3, 0.4) is 0 Å². The van der Waals surface area contributed by atoms with E-state index in [1.807, 2.05) is 33.8 Å². The van der Waals surface area contributed by atoms with E-state index < -0.39 is 5.60 Å². The second kappa shape index (κ2) is 6.73. The van der Waals surface area contributed by atoms with Crippen LogP contribution >= 0.6 is 11.6 Å². The maximum Gasteiger partial charge on any atom is 0.407 e. The molecule has 122 valence electrons. The van der Waals surface area contributed by atoms with Crippen LogP contribution < -0.4 is 10.6 Å². The smallest absolute Gasteiger partial charge is 0.407 e. The van der Waals surface area contributed by atoms with Crippen LogP contribution in [-0.2, 0) is 4.74 Å². The lowest BCUT2D eigenvalue weighted by atomic mass is 10.2. The summed E-state index contributed by atoms with van der Waals surface area (Å²) >= 11 is 5.93.